The third-order valence-electron chi connectivity index (χ3n) is 5.72. The molecule has 1 atom stereocenters. The zero-order chi connectivity index (χ0) is 24.8. The number of halogens is 1. The Balaban J connectivity index is 1.60. The highest BCUT2D eigenvalue weighted by Gasteiger charge is 2.40. The molecule has 4 rings (SSSR count). The molecule has 0 spiro atoms. The smallest absolute Gasteiger partial charge is 0.264 e. The Morgan fingerprint density at radius 1 is 1.06 bits per heavy atom. The van der Waals surface area contributed by atoms with Gasteiger partial charge in [0.15, 0.2) is 0 Å². The molecule has 35 heavy (non-hydrogen) atoms. The molecule has 0 unspecified atom stereocenters. The molecule has 0 saturated carbocycles. The van der Waals surface area contributed by atoms with Crippen LogP contribution in [0.1, 0.15) is 16.7 Å². The topological polar surface area (TPSA) is 73.2 Å². The van der Waals surface area contributed by atoms with Crippen LogP contribution in [0.4, 0.5) is 5.69 Å². The Morgan fingerprint density at radius 3 is 2.40 bits per heavy atom. The predicted molar refractivity (Wildman–Crippen MR) is 141 cm³/mol. The minimum absolute atomic E-state index is 0.0651. The molecule has 2 amide bonds. The highest BCUT2D eigenvalue weighted by atomic mass is 35.5. The van der Waals surface area contributed by atoms with Crippen molar-refractivity contribution in [3.8, 4) is 6.07 Å². The molecule has 176 valence electrons. The maximum Gasteiger partial charge on any atom is 0.264 e. The number of nitrogens with one attached hydrogen (secondary N) is 1. The van der Waals surface area contributed by atoms with Crippen LogP contribution in [0.5, 0.6) is 0 Å². The Hall–Kier alpha value is -3.53. The lowest BCUT2D eigenvalue weighted by molar-refractivity contribution is -0.117. The largest absolute Gasteiger partial charge is 0.351 e. The fourth-order valence-corrected chi connectivity index (χ4v) is 5.34. The number of nitriles is 1. The molecule has 7 heteroatoms. The van der Waals surface area contributed by atoms with Gasteiger partial charge in [0.25, 0.3) is 5.91 Å². The van der Waals surface area contributed by atoms with Crippen LogP contribution in [0.25, 0.3) is 0 Å². The maximum atomic E-state index is 13.5. The molecule has 0 radical (unpaired) electrons. The van der Waals surface area contributed by atoms with Crippen molar-refractivity contribution in [2.75, 3.05) is 11.4 Å². The van der Waals surface area contributed by atoms with Crippen molar-refractivity contribution >= 4 is 40.9 Å². The fraction of sp³-hybridized carbons (Fsp3) is 0.179. The van der Waals surface area contributed by atoms with Gasteiger partial charge in [-0.15, -0.1) is 0 Å². The summed E-state index contributed by atoms with van der Waals surface area (Å²) < 4.78 is 0. The van der Waals surface area contributed by atoms with E-state index in [1.807, 2.05) is 79.7 Å². The summed E-state index contributed by atoms with van der Waals surface area (Å²) in [6, 6.07) is 26.7. The van der Waals surface area contributed by atoms with E-state index in [0.29, 0.717) is 35.1 Å². The summed E-state index contributed by atoms with van der Waals surface area (Å²) in [5.41, 5.74) is 3.53. The summed E-state index contributed by atoms with van der Waals surface area (Å²) in [5.74, 6) is -0.656. The molecule has 0 bridgehead atoms. The van der Waals surface area contributed by atoms with Gasteiger partial charge in [-0.05, 0) is 54.7 Å². The third kappa shape index (κ3) is 5.76. The van der Waals surface area contributed by atoms with Crippen LogP contribution >= 0.6 is 23.4 Å². The van der Waals surface area contributed by atoms with Crippen LogP contribution in [0, 0.1) is 18.3 Å². The Labute approximate surface area is 214 Å². The molecule has 5 nitrogen and oxygen atoms in total. The van der Waals surface area contributed by atoms with Crippen molar-refractivity contribution in [3.05, 3.63) is 111 Å². The molecule has 1 heterocycles. The molecule has 3 aromatic carbocycles. The molecule has 1 aliphatic rings. The van der Waals surface area contributed by atoms with Gasteiger partial charge in [-0.25, -0.2) is 0 Å². The number of carbonyl (C=O) groups is 2. The first-order valence-corrected chi connectivity index (χ1v) is 12.5. The first kappa shape index (κ1) is 24.6. The lowest BCUT2D eigenvalue weighted by Gasteiger charge is -2.18. The van der Waals surface area contributed by atoms with E-state index in [-0.39, 0.29) is 11.5 Å². The second kappa shape index (κ2) is 11.3. The Kier molecular flexibility index (Phi) is 7.91. The number of benzene rings is 3. The number of carbonyl (C=O) groups excluding carboxylic acids is 2. The van der Waals surface area contributed by atoms with Crippen molar-refractivity contribution in [2.45, 2.75) is 25.0 Å². The van der Waals surface area contributed by atoms with Crippen molar-refractivity contribution in [3.63, 3.8) is 0 Å². The van der Waals surface area contributed by atoms with Gasteiger partial charge in [-0.1, -0.05) is 84.0 Å². The molecule has 3 aromatic rings. The van der Waals surface area contributed by atoms with E-state index < -0.39 is 11.2 Å². The number of nitrogens with zero attached hydrogens (tertiary/aromatic N) is 2. The van der Waals surface area contributed by atoms with Crippen LogP contribution in [0.3, 0.4) is 0 Å². The van der Waals surface area contributed by atoms with E-state index in [0.717, 1.165) is 16.7 Å². The minimum atomic E-state index is -0.487. The van der Waals surface area contributed by atoms with Crippen LogP contribution in [0.15, 0.2) is 89.5 Å². The number of thioether (sulfide) groups is 1. The van der Waals surface area contributed by atoms with Crippen molar-refractivity contribution in [2.24, 2.45) is 0 Å². The zero-order valence-electron chi connectivity index (χ0n) is 19.2. The van der Waals surface area contributed by atoms with E-state index in [1.165, 1.54) is 16.7 Å². The molecule has 0 aliphatic carbocycles. The van der Waals surface area contributed by atoms with Crippen LogP contribution in [-0.2, 0) is 22.4 Å². The molecule has 1 N–H and O–H groups in total. The van der Waals surface area contributed by atoms with Crippen LogP contribution < -0.4 is 10.2 Å². The van der Waals surface area contributed by atoms with Crippen molar-refractivity contribution < 1.29 is 9.59 Å². The molecule has 0 aromatic heterocycles. The number of aryl methyl sites for hydroxylation is 1. The standard InChI is InChI=1S/C28H24ClN3O2S/c1-19-12-13-21(16-24(19)29)17-25-27(34)32(22-10-6-3-7-11-22)28(35-25)23(18-30)26(33)31-15-14-20-8-4-2-5-9-20/h2-13,16,25H,14-15,17H2,1H3,(H,31,33)/b28-23-/t25-/m0/s1. The number of rotatable bonds is 7. The van der Waals surface area contributed by atoms with E-state index in [4.69, 9.17) is 11.6 Å². The first-order valence-electron chi connectivity index (χ1n) is 11.2. The zero-order valence-corrected chi connectivity index (χ0v) is 20.8. The SMILES string of the molecule is Cc1ccc(C[C@@H]2S/C(=C(/C#N)C(=O)NCCc3ccccc3)N(c3ccccc3)C2=O)cc1Cl. The number of amides is 2. The summed E-state index contributed by atoms with van der Waals surface area (Å²) in [6.45, 7) is 2.31. The number of hydrogen-bond donors (Lipinski definition) is 1. The highest BCUT2D eigenvalue weighted by Crippen LogP contribution is 2.42. The number of hydrogen-bond acceptors (Lipinski definition) is 4. The molecule has 1 fully saturated rings. The second-order valence-electron chi connectivity index (χ2n) is 8.19. The Morgan fingerprint density at radius 2 is 1.74 bits per heavy atom. The van der Waals surface area contributed by atoms with Gasteiger partial charge in [-0.2, -0.15) is 5.26 Å². The summed E-state index contributed by atoms with van der Waals surface area (Å²) >= 11 is 7.54. The predicted octanol–water partition coefficient (Wildman–Crippen LogP) is 5.43. The van der Waals surface area contributed by atoms with Gasteiger partial charge >= 0.3 is 0 Å². The van der Waals surface area contributed by atoms with Crippen LogP contribution in [0.2, 0.25) is 5.02 Å². The lowest BCUT2D eigenvalue weighted by atomic mass is 10.1. The average Bonchev–Trinajstić information content (AvgIpc) is 3.18. The van der Waals surface area contributed by atoms with Gasteiger partial charge < -0.3 is 5.32 Å². The van der Waals surface area contributed by atoms with Crippen molar-refractivity contribution in [1.29, 1.82) is 5.26 Å². The van der Waals surface area contributed by atoms with Gasteiger partial charge in [0.1, 0.15) is 16.7 Å². The fourth-order valence-electron chi connectivity index (χ4n) is 3.83. The van der Waals surface area contributed by atoms with Gasteiger partial charge in [0, 0.05) is 17.3 Å². The van der Waals surface area contributed by atoms with E-state index in [9.17, 15) is 14.9 Å². The number of anilines is 1. The van der Waals surface area contributed by atoms with Gasteiger partial charge in [-0.3, -0.25) is 14.5 Å². The minimum Gasteiger partial charge on any atom is -0.351 e. The normalized spacial score (nSPS) is 16.7. The quantitative estimate of drug-likeness (QED) is 0.346. The highest BCUT2D eigenvalue weighted by molar-refractivity contribution is 8.05. The molecular weight excluding hydrogens is 478 g/mol. The van der Waals surface area contributed by atoms with Gasteiger partial charge in [0.2, 0.25) is 5.91 Å². The summed E-state index contributed by atoms with van der Waals surface area (Å²) in [4.78, 5) is 28.0. The maximum absolute atomic E-state index is 13.5. The second-order valence-corrected chi connectivity index (χ2v) is 9.79. The summed E-state index contributed by atoms with van der Waals surface area (Å²) in [7, 11) is 0. The lowest BCUT2D eigenvalue weighted by Crippen LogP contribution is -2.32. The molecule has 1 aliphatic heterocycles. The monoisotopic (exact) mass is 501 g/mol. The van der Waals surface area contributed by atoms with E-state index >= 15 is 0 Å². The number of para-hydroxylation sites is 1. The summed E-state index contributed by atoms with van der Waals surface area (Å²) in [5, 5.41) is 13.3. The van der Waals surface area contributed by atoms with Gasteiger partial charge in [0.05, 0.1) is 5.25 Å². The molecule has 1 saturated heterocycles. The summed E-state index contributed by atoms with van der Waals surface area (Å²) in [6.07, 6.45) is 1.08. The van der Waals surface area contributed by atoms with Crippen molar-refractivity contribution in [1.82, 2.24) is 5.32 Å². The third-order valence-corrected chi connectivity index (χ3v) is 7.39. The van der Waals surface area contributed by atoms with E-state index in [2.05, 4.69) is 5.32 Å². The first-order chi connectivity index (χ1) is 17.0. The Bertz CT molecular complexity index is 1300. The average molecular weight is 502 g/mol. The van der Waals surface area contributed by atoms with Crippen LogP contribution in [-0.4, -0.2) is 23.6 Å². The molecular formula is C28H24ClN3O2S. The van der Waals surface area contributed by atoms with E-state index in [1.54, 1.807) is 12.1 Å².